The normalized spacial score (nSPS) is 10.8. The van der Waals surface area contributed by atoms with E-state index in [1.807, 2.05) is 32.8 Å². The zero-order valence-corrected chi connectivity index (χ0v) is 14.0. The molecule has 124 valence electrons. The van der Waals surface area contributed by atoms with Gasteiger partial charge in [-0.3, -0.25) is 4.79 Å². The zero-order valence-electron chi connectivity index (χ0n) is 14.0. The van der Waals surface area contributed by atoms with Crippen LogP contribution in [-0.2, 0) is 6.61 Å². The molecule has 0 radical (unpaired) electrons. The van der Waals surface area contributed by atoms with Gasteiger partial charge in [-0.1, -0.05) is 5.16 Å². The van der Waals surface area contributed by atoms with Gasteiger partial charge in [0.2, 0.25) is 0 Å². The minimum Gasteiger partial charge on any atom is -0.489 e. The predicted octanol–water partition coefficient (Wildman–Crippen LogP) is 2.16. The second kappa shape index (κ2) is 7.78. The minimum atomic E-state index is -0.0795. The van der Waals surface area contributed by atoms with Crippen molar-refractivity contribution in [3.63, 3.8) is 0 Å². The van der Waals surface area contributed by atoms with Crippen molar-refractivity contribution in [3.8, 4) is 5.75 Å². The van der Waals surface area contributed by atoms with Crippen LogP contribution in [-0.4, -0.2) is 43.1 Å². The summed E-state index contributed by atoms with van der Waals surface area (Å²) >= 11 is 0. The van der Waals surface area contributed by atoms with Gasteiger partial charge in [-0.05, 0) is 52.2 Å². The van der Waals surface area contributed by atoms with E-state index in [0.717, 1.165) is 23.6 Å². The maximum atomic E-state index is 12.0. The number of amides is 1. The molecule has 1 aromatic heterocycles. The summed E-state index contributed by atoms with van der Waals surface area (Å²) < 4.78 is 10.8. The van der Waals surface area contributed by atoms with E-state index < -0.39 is 0 Å². The lowest BCUT2D eigenvalue weighted by Crippen LogP contribution is -2.31. The Labute approximate surface area is 136 Å². The molecule has 1 aromatic carbocycles. The van der Waals surface area contributed by atoms with Crippen LogP contribution in [0.5, 0.6) is 5.75 Å². The number of hydrogen-bond acceptors (Lipinski definition) is 5. The van der Waals surface area contributed by atoms with Crippen molar-refractivity contribution in [1.82, 2.24) is 15.4 Å². The smallest absolute Gasteiger partial charge is 0.251 e. The number of aromatic nitrogens is 1. The highest BCUT2D eigenvalue weighted by molar-refractivity contribution is 5.94. The van der Waals surface area contributed by atoms with Gasteiger partial charge in [0.25, 0.3) is 5.91 Å². The van der Waals surface area contributed by atoms with Gasteiger partial charge < -0.3 is 19.5 Å². The van der Waals surface area contributed by atoms with Crippen LogP contribution in [0.3, 0.4) is 0 Å². The number of rotatable bonds is 7. The summed E-state index contributed by atoms with van der Waals surface area (Å²) in [5.74, 6) is 1.39. The number of carbonyl (C=O) groups excluding carboxylic acids is 1. The van der Waals surface area contributed by atoms with E-state index in [1.54, 1.807) is 24.3 Å². The largest absolute Gasteiger partial charge is 0.489 e. The molecule has 6 nitrogen and oxygen atoms in total. The summed E-state index contributed by atoms with van der Waals surface area (Å²) in [6.45, 7) is 5.58. The third kappa shape index (κ3) is 4.82. The van der Waals surface area contributed by atoms with E-state index in [4.69, 9.17) is 9.26 Å². The molecule has 0 unspecified atom stereocenters. The SMILES string of the molecule is Cc1noc(C)c1COc1ccc(C(=O)NCCN(C)C)cc1. The molecule has 0 aliphatic rings. The predicted molar refractivity (Wildman–Crippen MR) is 87.6 cm³/mol. The quantitative estimate of drug-likeness (QED) is 0.847. The van der Waals surface area contributed by atoms with E-state index >= 15 is 0 Å². The second-order valence-electron chi connectivity index (χ2n) is 5.67. The molecule has 0 bridgehead atoms. The van der Waals surface area contributed by atoms with E-state index in [0.29, 0.717) is 24.5 Å². The highest BCUT2D eigenvalue weighted by Gasteiger charge is 2.10. The Kier molecular flexibility index (Phi) is 5.76. The van der Waals surface area contributed by atoms with Gasteiger partial charge in [0.05, 0.1) is 11.3 Å². The lowest BCUT2D eigenvalue weighted by Gasteiger charge is -2.11. The molecule has 0 aliphatic heterocycles. The van der Waals surface area contributed by atoms with Crippen LogP contribution in [0.25, 0.3) is 0 Å². The second-order valence-corrected chi connectivity index (χ2v) is 5.67. The molecule has 2 rings (SSSR count). The number of nitrogens with one attached hydrogen (secondary N) is 1. The van der Waals surface area contributed by atoms with Crippen LogP contribution in [0, 0.1) is 13.8 Å². The number of nitrogens with zero attached hydrogens (tertiary/aromatic N) is 2. The van der Waals surface area contributed by atoms with Gasteiger partial charge in [-0.15, -0.1) is 0 Å². The van der Waals surface area contributed by atoms with Crippen LogP contribution in [0.1, 0.15) is 27.4 Å². The molecule has 1 amide bonds. The van der Waals surface area contributed by atoms with Crippen molar-refractivity contribution in [2.45, 2.75) is 20.5 Å². The molecule has 1 N–H and O–H groups in total. The van der Waals surface area contributed by atoms with E-state index in [9.17, 15) is 4.79 Å². The van der Waals surface area contributed by atoms with Gasteiger partial charge in [-0.2, -0.15) is 0 Å². The molecule has 0 atom stereocenters. The summed E-state index contributed by atoms with van der Waals surface area (Å²) in [4.78, 5) is 14.0. The molecule has 23 heavy (non-hydrogen) atoms. The fourth-order valence-electron chi connectivity index (χ4n) is 2.06. The van der Waals surface area contributed by atoms with Gasteiger partial charge in [0, 0.05) is 18.7 Å². The molecule has 0 fully saturated rings. The molecule has 0 saturated carbocycles. The first kappa shape index (κ1) is 17.0. The molecular weight excluding hydrogens is 294 g/mol. The Morgan fingerprint density at radius 2 is 1.96 bits per heavy atom. The topological polar surface area (TPSA) is 67.6 Å². The molecule has 6 heteroatoms. The van der Waals surface area contributed by atoms with Crippen LogP contribution < -0.4 is 10.1 Å². The lowest BCUT2D eigenvalue weighted by molar-refractivity contribution is 0.0951. The van der Waals surface area contributed by atoms with Crippen molar-refractivity contribution < 1.29 is 14.1 Å². The summed E-state index contributed by atoms with van der Waals surface area (Å²) in [6, 6.07) is 7.10. The summed E-state index contributed by atoms with van der Waals surface area (Å²) in [5, 5.41) is 6.77. The average molecular weight is 317 g/mol. The Morgan fingerprint density at radius 1 is 1.26 bits per heavy atom. The number of likely N-dealkylation sites (N-methyl/N-ethyl adjacent to an activating group) is 1. The zero-order chi connectivity index (χ0) is 16.8. The maximum absolute atomic E-state index is 12.0. The average Bonchev–Trinajstić information content (AvgIpc) is 2.84. The molecule has 0 spiro atoms. The van der Waals surface area contributed by atoms with Crippen molar-refractivity contribution in [1.29, 1.82) is 0 Å². The van der Waals surface area contributed by atoms with Crippen molar-refractivity contribution >= 4 is 5.91 Å². The summed E-state index contributed by atoms with van der Waals surface area (Å²) in [7, 11) is 3.94. The highest BCUT2D eigenvalue weighted by atomic mass is 16.5. The number of benzene rings is 1. The van der Waals surface area contributed by atoms with Gasteiger partial charge >= 0.3 is 0 Å². The number of ether oxygens (including phenoxy) is 1. The van der Waals surface area contributed by atoms with Crippen LogP contribution in [0.15, 0.2) is 28.8 Å². The van der Waals surface area contributed by atoms with Crippen LogP contribution in [0.2, 0.25) is 0 Å². The Hall–Kier alpha value is -2.34. The van der Waals surface area contributed by atoms with Crippen LogP contribution in [0.4, 0.5) is 0 Å². The fourth-order valence-corrected chi connectivity index (χ4v) is 2.06. The lowest BCUT2D eigenvalue weighted by atomic mass is 10.2. The van der Waals surface area contributed by atoms with E-state index in [1.165, 1.54) is 0 Å². The van der Waals surface area contributed by atoms with E-state index in [-0.39, 0.29) is 5.91 Å². The fraction of sp³-hybridized carbons (Fsp3) is 0.412. The Morgan fingerprint density at radius 3 is 2.52 bits per heavy atom. The van der Waals surface area contributed by atoms with E-state index in [2.05, 4.69) is 10.5 Å². The van der Waals surface area contributed by atoms with Gasteiger partial charge in [0.1, 0.15) is 18.1 Å². The summed E-state index contributed by atoms with van der Waals surface area (Å²) in [6.07, 6.45) is 0. The van der Waals surface area contributed by atoms with Crippen molar-refractivity contribution in [2.24, 2.45) is 0 Å². The van der Waals surface area contributed by atoms with Crippen molar-refractivity contribution in [3.05, 3.63) is 46.8 Å². The van der Waals surface area contributed by atoms with Gasteiger partial charge in [-0.25, -0.2) is 0 Å². The Balaban J connectivity index is 1.88. The third-order valence-corrected chi connectivity index (χ3v) is 3.53. The molecule has 0 saturated heterocycles. The standard InChI is InChI=1S/C17H23N3O3/c1-12-16(13(2)23-19-12)11-22-15-7-5-14(6-8-15)17(21)18-9-10-20(3)4/h5-8H,9-11H2,1-4H3,(H,18,21). The van der Waals surface area contributed by atoms with Crippen molar-refractivity contribution in [2.75, 3.05) is 27.2 Å². The highest BCUT2D eigenvalue weighted by Crippen LogP contribution is 2.17. The first-order valence-corrected chi connectivity index (χ1v) is 7.55. The molecule has 2 aromatic rings. The summed E-state index contributed by atoms with van der Waals surface area (Å²) in [5.41, 5.74) is 2.41. The molecule has 0 aliphatic carbocycles. The number of carbonyl (C=O) groups is 1. The number of hydrogen-bond donors (Lipinski definition) is 1. The Bertz CT molecular complexity index is 628. The minimum absolute atomic E-state index is 0.0795. The number of aryl methyl sites for hydroxylation is 2. The monoisotopic (exact) mass is 317 g/mol. The van der Waals surface area contributed by atoms with Crippen LogP contribution >= 0.6 is 0 Å². The molecular formula is C17H23N3O3. The van der Waals surface area contributed by atoms with Gasteiger partial charge in [0.15, 0.2) is 0 Å². The molecule has 1 heterocycles. The maximum Gasteiger partial charge on any atom is 0.251 e. The first-order valence-electron chi connectivity index (χ1n) is 7.55. The third-order valence-electron chi connectivity index (χ3n) is 3.53. The first-order chi connectivity index (χ1) is 11.0.